The Hall–Kier alpha value is -0.870. The Labute approximate surface area is 263 Å². The summed E-state index contributed by atoms with van der Waals surface area (Å²) in [5.74, 6) is -0.0726. The van der Waals surface area contributed by atoms with Crippen molar-refractivity contribution in [2.24, 2.45) is 0 Å². The van der Waals surface area contributed by atoms with Crippen LogP contribution >= 0.6 is 0 Å². The Morgan fingerprint density at radius 2 is 0.881 bits per heavy atom. The average Bonchev–Trinajstić information content (AvgIpc) is 2.99. The van der Waals surface area contributed by atoms with E-state index >= 15 is 0 Å². The van der Waals surface area contributed by atoms with Gasteiger partial charge in [0.25, 0.3) is 0 Å². The molecule has 0 heterocycles. The summed E-state index contributed by atoms with van der Waals surface area (Å²) in [5.41, 5.74) is 0. The van der Waals surface area contributed by atoms with Crippen LogP contribution in [0.4, 0.5) is 0 Å². The minimum absolute atomic E-state index is 0.0726. The van der Waals surface area contributed by atoms with Crippen molar-refractivity contribution in [3.63, 3.8) is 0 Å². The number of nitrogens with one attached hydrogen (secondary N) is 1. The van der Waals surface area contributed by atoms with E-state index in [1.165, 1.54) is 161 Å². The van der Waals surface area contributed by atoms with Gasteiger partial charge in [-0.2, -0.15) is 0 Å². The van der Waals surface area contributed by atoms with Crippen molar-refractivity contribution in [2.75, 3.05) is 6.61 Å². The maximum atomic E-state index is 12.1. The summed E-state index contributed by atoms with van der Waals surface area (Å²) in [6, 6.07) is -0.613. The van der Waals surface area contributed by atoms with E-state index in [1.54, 1.807) is 6.08 Å². The van der Waals surface area contributed by atoms with Crippen molar-refractivity contribution in [1.29, 1.82) is 0 Å². The predicted molar refractivity (Wildman–Crippen MR) is 184 cm³/mol. The third-order valence-electron chi connectivity index (χ3n) is 8.77. The fourth-order valence-corrected chi connectivity index (χ4v) is 5.82. The molecule has 4 nitrogen and oxygen atoms in total. The molecular weight excluding hydrogens is 518 g/mol. The third-order valence-corrected chi connectivity index (χ3v) is 8.77. The van der Waals surface area contributed by atoms with Gasteiger partial charge < -0.3 is 15.5 Å². The van der Waals surface area contributed by atoms with Gasteiger partial charge in [0.2, 0.25) is 5.91 Å². The van der Waals surface area contributed by atoms with Crippen LogP contribution in [-0.2, 0) is 4.79 Å². The number of carbonyl (C=O) groups excluding carboxylic acids is 1. The number of hydrogen-bond acceptors (Lipinski definition) is 3. The van der Waals surface area contributed by atoms with Crippen molar-refractivity contribution in [3.05, 3.63) is 12.2 Å². The SMILES string of the molecule is CCCCCCCCCCCCCCCCCCCCCCCC/C=C/C(O)C(CO)NC(=O)CCCCCCCC. The van der Waals surface area contributed by atoms with Crippen LogP contribution in [0.25, 0.3) is 0 Å². The van der Waals surface area contributed by atoms with E-state index in [2.05, 4.69) is 19.2 Å². The second-order valence-corrected chi connectivity index (χ2v) is 13.0. The van der Waals surface area contributed by atoms with Crippen LogP contribution in [0.1, 0.15) is 206 Å². The van der Waals surface area contributed by atoms with Crippen LogP contribution in [-0.4, -0.2) is 34.9 Å². The standard InChI is InChI=1S/C38H75NO3/c1-3-5-7-9-11-12-13-14-15-16-17-18-19-20-21-22-23-24-25-26-27-28-29-31-33-37(41)36(35-40)39-38(42)34-32-30-10-8-6-4-2/h31,33,36-37,40-41H,3-30,32,34-35H2,1-2H3,(H,39,42)/b33-31+. The van der Waals surface area contributed by atoms with E-state index in [4.69, 9.17) is 0 Å². The highest BCUT2D eigenvalue weighted by Crippen LogP contribution is 2.15. The molecule has 0 aliphatic rings. The minimum Gasteiger partial charge on any atom is -0.394 e. The van der Waals surface area contributed by atoms with E-state index in [0.717, 1.165) is 25.7 Å². The van der Waals surface area contributed by atoms with Crippen molar-refractivity contribution >= 4 is 5.91 Å². The van der Waals surface area contributed by atoms with Crippen LogP contribution in [0, 0.1) is 0 Å². The average molecular weight is 594 g/mol. The Morgan fingerprint density at radius 1 is 0.548 bits per heavy atom. The fourth-order valence-electron chi connectivity index (χ4n) is 5.82. The predicted octanol–water partition coefficient (Wildman–Crippen LogP) is 11.1. The summed E-state index contributed by atoms with van der Waals surface area (Å²) >= 11 is 0. The number of allylic oxidation sites excluding steroid dienone is 1. The maximum absolute atomic E-state index is 12.1. The molecule has 0 radical (unpaired) electrons. The molecule has 0 fully saturated rings. The largest absolute Gasteiger partial charge is 0.394 e. The topological polar surface area (TPSA) is 69.6 Å². The van der Waals surface area contributed by atoms with Crippen molar-refractivity contribution in [2.45, 2.75) is 219 Å². The molecule has 4 heteroatoms. The van der Waals surface area contributed by atoms with Crippen LogP contribution in [0.15, 0.2) is 12.2 Å². The lowest BCUT2D eigenvalue weighted by molar-refractivity contribution is -0.123. The summed E-state index contributed by atoms with van der Waals surface area (Å²) < 4.78 is 0. The van der Waals surface area contributed by atoms with Gasteiger partial charge in [0, 0.05) is 6.42 Å². The van der Waals surface area contributed by atoms with Crippen LogP contribution in [0.3, 0.4) is 0 Å². The van der Waals surface area contributed by atoms with Crippen molar-refractivity contribution in [1.82, 2.24) is 5.32 Å². The van der Waals surface area contributed by atoms with Gasteiger partial charge in [-0.25, -0.2) is 0 Å². The van der Waals surface area contributed by atoms with Gasteiger partial charge in [0.05, 0.1) is 18.8 Å². The van der Waals surface area contributed by atoms with Crippen LogP contribution in [0.5, 0.6) is 0 Å². The van der Waals surface area contributed by atoms with Crippen LogP contribution in [0.2, 0.25) is 0 Å². The van der Waals surface area contributed by atoms with Gasteiger partial charge in [0.1, 0.15) is 0 Å². The van der Waals surface area contributed by atoms with Gasteiger partial charge in [0.15, 0.2) is 0 Å². The molecule has 1 amide bonds. The first-order valence-corrected chi connectivity index (χ1v) is 18.9. The number of aliphatic hydroxyl groups excluding tert-OH is 2. The molecule has 0 saturated heterocycles. The zero-order valence-corrected chi connectivity index (χ0v) is 28.5. The molecule has 250 valence electrons. The fraction of sp³-hybridized carbons (Fsp3) is 0.921. The van der Waals surface area contributed by atoms with E-state index < -0.39 is 12.1 Å². The molecule has 0 spiro atoms. The van der Waals surface area contributed by atoms with E-state index in [9.17, 15) is 15.0 Å². The number of rotatable bonds is 34. The highest BCUT2D eigenvalue weighted by Gasteiger charge is 2.17. The lowest BCUT2D eigenvalue weighted by Gasteiger charge is -2.20. The third kappa shape index (κ3) is 30.6. The highest BCUT2D eigenvalue weighted by molar-refractivity contribution is 5.76. The number of aliphatic hydroxyl groups is 2. The molecule has 0 bridgehead atoms. The summed E-state index contributed by atoms with van der Waals surface area (Å²) in [6.45, 7) is 4.25. The summed E-state index contributed by atoms with van der Waals surface area (Å²) in [7, 11) is 0. The summed E-state index contributed by atoms with van der Waals surface area (Å²) in [4.78, 5) is 12.1. The molecule has 0 aromatic heterocycles. The quantitative estimate of drug-likeness (QED) is 0.0513. The summed E-state index contributed by atoms with van der Waals surface area (Å²) in [5, 5.41) is 22.7. The van der Waals surface area contributed by atoms with E-state index in [1.807, 2.05) is 6.08 Å². The Bertz CT molecular complexity index is 565. The Kier molecular flexibility index (Phi) is 33.9. The molecule has 0 saturated carbocycles. The molecule has 0 aromatic rings. The van der Waals surface area contributed by atoms with Crippen LogP contribution < -0.4 is 5.32 Å². The van der Waals surface area contributed by atoms with Gasteiger partial charge in [-0.1, -0.05) is 193 Å². The zero-order valence-electron chi connectivity index (χ0n) is 28.5. The summed E-state index contributed by atoms with van der Waals surface area (Å²) in [6.07, 6.45) is 41.9. The number of amides is 1. The molecule has 2 atom stereocenters. The molecule has 3 N–H and O–H groups in total. The first-order chi connectivity index (χ1) is 20.7. The smallest absolute Gasteiger partial charge is 0.220 e. The van der Waals surface area contributed by atoms with Gasteiger partial charge in [-0.3, -0.25) is 4.79 Å². The molecular formula is C38H75NO3. The van der Waals surface area contributed by atoms with Gasteiger partial charge in [-0.15, -0.1) is 0 Å². The Balaban J connectivity index is 3.45. The normalized spacial score (nSPS) is 13.1. The second kappa shape index (κ2) is 34.6. The van der Waals surface area contributed by atoms with Gasteiger partial charge in [-0.05, 0) is 19.3 Å². The molecule has 0 aliphatic carbocycles. The van der Waals surface area contributed by atoms with E-state index in [-0.39, 0.29) is 12.5 Å². The molecule has 0 aliphatic heterocycles. The second-order valence-electron chi connectivity index (χ2n) is 13.0. The number of hydrogen-bond donors (Lipinski definition) is 3. The molecule has 0 aromatic carbocycles. The lowest BCUT2D eigenvalue weighted by Crippen LogP contribution is -2.45. The first kappa shape index (κ1) is 41.1. The highest BCUT2D eigenvalue weighted by atomic mass is 16.3. The Morgan fingerprint density at radius 3 is 1.24 bits per heavy atom. The van der Waals surface area contributed by atoms with Gasteiger partial charge >= 0.3 is 0 Å². The van der Waals surface area contributed by atoms with Crippen molar-refractivity contribution in [3.8, 4) is 0 Å². The molecule has 2 unspecified atom stereocenters. The van der Waals surface area contributed by atoms with Crippen molar-refractivity contribution < 1.29 is 15.0 Å². The lowest BCUT2D eigenvalue weighted by atomic mass is 10.0. The van der Waals surface area contributed by atoms with E-state index in [0.29, 0.717) is 6.42 Å². The number of unbranched alkanes of at least 4 members (excludes halogenated alkanes) is 27. The maximum Gasteiger partial charge on any atom is 0.220 e. The minimum atomic E-state index is -0.830. The molecule has 42 heavy (non-hydrogen) atoms. The first-order valence-electron chi connectivity index (χ1n) is 18.9. The zero-order chi connectivity index (χ0) is 30.8. The monoisotopic (exact) mass is 594 g/mol. The number of carbonyl (C=O) groups is 1. The molecule has 0 rings (SSSR count).